The molecule has 0 aliphatic carbocycles. The number of allylic oxidation sites excluding steroid dienone is 1. The lowest BCUT2D eigenvalue weighted by atomic mass is 10.2. The van der Waals surface area contributed by atoms with Crippen molar-refractivity contribution in [3.05, 3.63) is 48.0 Å². The third-order valence-corrected chi connectivity index (χ3v) is 1.63. The van der Waals surface area contributed by atoms with Crippen molar-refractivity contribution in [1.29, 1.82) is 0 Å². The van der Waals surface area contributed by atoms with Gasteiger partial charge in [-0.3, -0.25) is 0 Å². The highest BCUT2D eigenvalue weighted by Gasteiger charge is 1.81. The molecule has 0 atom stereocenters. The number of benzene rings is 1. The van der Waals surface area contributed by atoms with Crippen molar-refractivity contribution in [3.8, 4) is 11.8 Å². The molecule has 1 nitrogen and oxygen atoms in total. The Hall–Kier alpha value is -1.52. The van der Waals surface area contributed by atoms with Gasteiger partial charge in [0, 0.05) is 5.56 Å². The summed E-state index contributed by atoms with van der Waals surface area (Å²) in [5.74, 6) is 5.98. The number of ether oxygens (including phenoxy) is 1. The van der Waals surface area contributed by atoms with Gasteiger partial charge in [-0.05, 0) is 19.1 Å². The summed E-state index contributed by atoms with van der Waals surface area (Å²) in [6.07, 6.45) is 3.93. The summed E-state index contributed by atoms with van der Waals surface area (Å²) in [6.45, 7) is 3.10. The quantitative estimate of drug-likeness (QED) is 0.400. The molecular formula is C13H14O. The van der Waals surface area contributed by atoms with E-state index in [1.165, 1.54) is 0 Å². The maximum atomic E-state index is 5.24. The van der Waals surface area contributed by atoms with Crippen LogP contribution >= 0.6 is 0 Å². The highest BCUT2D eigenvalue weighted by Crippen LogP contribution is 1.94. The van der Waals surface area contributed by atoms with Crippen molar-refractivity contribution in [1.82, 2.24) is 0 Å². The number of hydrogen-bond acceptors (Lipinski definition) is 1. The van der Waals surface area contributed by atoms with Crippen LogP contribution in [0.1, 0.15) is 12.5 Å². The van der Waals surface area contributed by atoms with Gasteiger partial charge < -0.3 is 4.74 Å². The molecule has 0 unspecified atom stereocenters. The zero-order valence-electron chi connectivity index (χ0n) is 8.36. The molecule has 0 radical (unpaired) electrons. The maximum Gasteiger partial charge on any atom is 0.108 e. The maximum absolute atomic E-state index is 5.24. The lowest BCUT2D eigenvalue weighted by Crippen LogP contribution is -1.90. The molecule has 1 rings (SSSR count). The Bertz CT molecular complexity index is 327. The molecule has 0 aromatic heterocycles. The van der Waals surface area contributed by atoms with E-state index in [1.54, 1.807) is 0 Å². The van der Waals surface area contributed by atoms with E-state index in [0.29, 0.717) is 13.2 Å². The molecule has 0 spiro atoms. The van der Waals surface area contributed by atoms with Crippen molar-refractivity contribution in [3.63, 3.8) is 0 Å². The summed E-state index contributed by atoms with van der Waals surface area (Å²) in [6, 6.07) is 9.90. The molecule has 0 bridgehead atoms. The molecule has 0 fully saturated rings. The first-order valence-electron chi connectivity index (χ1n) is 4.66. The van der Waals surface area contributed by atoms with Gasteiger partial charge in [0.1, 0.15) is 6.61 Å². The minimum absolute atomic E-state index is 0.485. The van der Waals surface area contributed by atoms with Gasteiger partial charge in [0.2, 0.25) is 0 Å². The van der Waals surface area contributed by atoms with Crippen molar-refractivity contribution < 1.29 is 4.74 Å². The van der Waals surface area contributed by atoms with Gasteiger partial charge in [-0.25, -0.2) is 0 Å². The second-order valence-corrected chi connectivity index (χ2v) is 2.75. The van der Waals surface area contributed by atoms with E-state index in [-0.39, 0.29) is 0 Å². The highest BCUT2D eigenvalue weighted by atomic mass is 16.5. The van der Waals surface area contributed by atoms with E-state index in [4.69, 9.17) is 4.74 Å². The van der Waals surface area contributed by atoms with Crippen LogP contribution in [-0.4, -0.2) is 13.2 Å². The Kier molecular flexibility index (Phi) is 5.23. The molecule has 1 heteroatoms. The van der Waals surface area contributed by atoms with E-state index >= 15 is 0 Å². The highest BCUT2D eigenvalue weighted by molar-refractivity contribution is 5.33. The van der Waals surface area contributed by atoms with E-state index in [2.05, 4.69) is 11.8 Å². The van der Waals surface area contributed by atoms with Crippen molar-refractivity contribution in [2.75, 3.05) is 13.2 Å². The van der Waals surface area contributed by atoms with Crippen molar-refractivity contribution in [2.24, 2.45) is 0 Å². The van der Waals surface area contributed by atoms with E-state index in [9.17, 15) is 0 Å². The zero-order valence-corrected chi connectivity index (χ0v) is 8.36. The van der Waals surface area contributed by atoms with Crippen LogP contribution in [0.15, 0.2) is 42.5 Å². The third-order valence-electron chi connectivity index (χ3n) is 1.63. The molecular weight excluding hydrogens is 172 g/mol. The van der Waals surface area contributed by atoms with Crippen LogP contribution in [0, 0.1) is 11.8 Å². The summed E-state index contributed by atoms with van der Waals surface area (Å²) in [5, 5.41) is 0. The average Bonchev–Trinajstić information content (AvgIpc) is 2.25. The van der Waals surface area contributed by atoms with Crippen molar-refractivity contribution in [2.45, 2.75) is 6.92 Å². The fourth-order valence-electron chi connectivity index (χ4n) is 0.934. The van der Waals surface area contributed by atoms with Crippen LogP contribution in [0.25, 0.3) is 0 Å². The molecule has 0 N–H and O–H groups in total. The lowest BCUT2D eigenvalue weighted by Gasteiger charge is -1.91. The van der Waals surface area contributed by atoms with Gasteiger partial charge in [-0.2, -0.15) is 0 Å². The first-order chi connectivity index (χ1) is 6.93. The Labute approximate surface area is 85.4 Å². The molecule has 1 aromatic carbocycles. The SMILES string of the molecule is C/C=C\COCC#Cc1ccccc1. The number of hydrogen-bond donors (Lipinski definition) is 0. The molecule has 1 aromatic rings. The van der Waals surface area contributed by atoms with Gasteiger partial charge >= 0.3 is 0 Å². The van der Waals surface area contributed by atoms with Gasteiger partial charge in [0.15, 0.2) is 0 Å². The zero-order chi connectivity index (χ0) is 10.1. The topological polar surface area (TPSA) is 9.23 Å². The van der Waals surface area contributed by atoms with Gasteiger partial charge in [0.05, 0.1) is 6.61 Å². The van der Waals surface area contributed by atoms with Crippen molar-refractivity contribution >= 4 is 0 Å². The third kappa shape index (κ3) is 4.49. The predicted molar refractivity (Wildman–Crippen MR) is 59.0 cm³/mol. The normalized spacial score (nSPS) is 9.79. The second kappa shape index (κ2) is 6.94. The summed E-state index contributed by atoms with van der Waals surface area (Å²) >= 11 is 0. The fraction of sp³-hybridized carbons (Fsp3) is 0.231. The smallest absolute Gasteiger partial charge is 0.108 e. The second-order valence-electron chi connectivity index (χ2n) is 2.75. The monoisotopic (exact) mass is 186 g/mol. The number of rotatable bonds is 3. The van der Waals surface area contributed by atoms with Crippen LogP contribution in [-0.2, 0) is 4.74 Å². The van der Waals surface area contributed by atoms with E-state index in [0.717, 1.165) is 5.56 Å². The molecule has 14 heavy (non-hydrogen) atoms. The van der Waals surface area contributed by atoms with Crippen LogP contribution in [0.4, 0.5) is 0 Å². The Balaban J connectivity index is 2.27. The minimum atomic E-state index is 0.485. The summed E-state index contributed by atoms with van der Waals surface area (Å²) < 4.78 is 5.24. The van der Waals surface area contributed by atoms with Gasteiger partial charge in [-0.1, -0.05) is 42.2 Å². The van der Waals surface area contributed by atoms with Crippen LogP contribution in [0.5, 0.6) is 0 Å². The molecule has 0 aliphatic heterocycles. The Morgan fingerprint density at radius 2 is 2.07 bits per heavy atom. The Morgan fingerprint density at radius 1 is 1.29 bits per heavy atom. The van der Waals surface area contributed by atoms with Crippen LogP contribution < -0.4 is 0 Å². The average molecular weight is 186 g/mol. The lowest BCUT2D eigenvalue weighted by molar-refractivity contribution is 0.199. The van der Waals surface area contributed by atoms with Crippen LogP contribution in [0.2, 0.25) is 0 Å². The summed E-state index contributed by atoms with van der Waals surface area (Å²) in [5.41, 5.74) is 1.03. The summed E-state index contributed by atoms with van der Waals surface area (Å²) in [7, 11) is 0. The molecule has 0 heterocycles. The van der Waals surface area contributed by atoms with Gasteiger partial charge in [0.25, 0.3) is 0 Å². The first-order valence-corrected chi connectivity index (χ1v) is 4.66. The summed E-state index contributed by atoms with van der Waals surface area (Å²) in [4.78, 5) is 0. The van der Waals surface area contributed by atoms with E-state index in [1.807, 2.05) is 49.4 Å². The Morgan fingerprint density at radius 3 is 2.79 bits per heavy atom. The molecule has 0 saturated carbocycles. The first kappa shape index (κ1) is 10.6. The predicted octanol–water partition coefficient (Wildman–Crippen LogP) is 2.63. The molecule has 0 saturated heterocycles. The largest absolute Gasteiger partial charge is 0.365 e. The fourth-order valence-corrected chi connectivity index (χ4v) is 0.934. The minimum Gasteiger partial charge on any atom is -0.365 e. The molecule has 0 aliphatic rings. The van der Waals surface area contributed by atoms with E-state index < -0.39 is 0 Å². The standard InChI is InChI=1S/C13H14O/c1-2-3-11-14-12-7-10-13-8-5-4-6-9-13/h2-6,8-9H,11-12H2,1H3/b3-2-. The van der Waals surface area contributed by atoms with Gasteiger partial charge in [-0.15, -0.1) is 0 Å². The van der Waals surface area contributed by atoms with Crippen LogP contribution in [0.3, 0.4) is 0 Å². The molecule has 72 valence electrons. The molecule has 0 amide bonds.